The van der Waals surface area contributed by atoms with Crippen molar-refractivity contribution in [3.63, 3.8) is 0 Å². The lowest BCUT2D eigenvalue weighted by Gasteiger charge is -2.18. The quantitative estimate of drug-likeness (QED) is 0.815. The largest absolute Gasteiger partial charge is 0.464 e. The third-order valence-electron chi connectivity index (χ3n) is 3.18. The van der Waals surface area contributed by atoms with Gasteiger partial charge in [-0.1, -0.05) is 29.8 Å². The summed E-state index contributed by atoms with van der Waals surface area (Å²) in [6.45, 7) is 4.93. The molecule has 1 aromatic carbocycles. The average molecular weight is 340 g/mol. The number of nitrogens with one attached hydrogen (secondary N) is 1. The van der Waals surface area contributed by atoms with E-state index in [-0.39, 0.29) is 11.9 Å². The van der Waals surface area contributed by atoms with Crippen LogP contribution in [-0.2, 0) is 6.42 Å². The summed E-state index contributed by atoms with van der Waals surface area (Å²) in [4.78, 5) is 0. The molecule has 0 aliphatic carbocycles. The van der Waals surface area contributed by atoms with Gasteiger partial charge < -0.3 is 9.73 Å². The lowest BCUT2D eigenvalue weighted by Crippen LogP contribution is -2.23. The number of halogens is 2. The Balaban J connectivity index is 2.38. The minimum atomic E-state index is -0.257. The second kappa shape index (κ2) is 7.04. The molecule has 0 aliphatic heterocycles. The van der Waals surface area contributed by atoms with Crippen molar-refractivity contribution in [2.45, 2.75) is 32.7 Å². The molecule has 1 aromatic heterocycles. The number of hydrogen-bond acceptors (Lipinski definition) is 2. The molecule has 0 saturated carbocycles. The average Bonchev–Trinajstić information content (AvgIpc) is 2.92. The Labute approximate surface area is 127 Å². The Bertz CT molecular complexity index is 567. The highest BCUT2D eigenvalue weighted by Gasteiger charge is 2.20. The molecule has 4 heteroatoms. The van der Waals surface area contributed by atoms with E-state index >= 15 is 0 Å². The van der Waals surface area contributed by atoms with Crippen LogP contribution in [0.25, 0.3) is 0 Å². The van der Waals surface area contributed by atoms with Crippen molar-refractivity contribution < 1.29 is 8.81 Å². The summed E-state index contributed by atoms with van der Waals surface area (Å²) >= 11 is 3.40. The summed E-state index contributed by atoms with van der Waals surface area (Å²) < 4.78 is 20.8. The first-order valence-electron chi connectivity index (χ1n) is 6.92. The van der Waals surface area contributed by atoms with Gasteiger partial charge in [0, 0.05) is 16.5 Å². The van der Waals surface area contributed by atoms with Crippen LogP contribution in [0, 0.1) is 5.82 Å². The Kier molecular flexibility index (Phi) is 5.38. The van der Waals surface area contributed by atoms with Crippen molar-refractivity contribution in [1.82, 2.24) is 5.32 Å². The van der Waals surface area contributed by atoms with E-state index in [0.717, 1.165) is 35.4 Å². The number of furan rings is 1. The van der Waals surface area contributed by atoms with Gasteiger partial charge in [0.05, 0.1) is 6.04 Å². The smallest absolute Gasteiger partial charge is 0.128 e. The van der Waals surface area contributed by atoms with Crippen LogP contribution in [0.15, 0.2) is 39.2 Å². The first kappa shape index (κ1) is 15.3. The molecule has 1 heterocycles. The van der Waals surface area contributed by atoms with E-state index in [1.54, 1.807) is 12.1 Å². The number of hydrogen-bond donors (Lipinski definition) is 1. The minimum Gasteiger partial charge on any atom is -0.464 e. The highest BCUT2D eigenvalue weighted by molar-refractivity contribution is 9.10. The molecule has 0 saturated heterocycles. The number of benzene rings is 1. The van der Waals surface area contributed by atoms with Gasteiger partial charge in [0.15, 0.2) is 0 Å². The van der Waals surface area contributed by atoms with Crippen LogP contribution in [-0.4, -0.2) is 6.54 Å². The van der Waals surface area contributed by atoms with Gasteiger partial charge in [-0.3, -0.25) is 0 Å². The molecule has 20 heavy (non-hydrogen) atoms. The Morgan fingerprint density at radius 1 is 1.25 bits per heavy atom. The monoisotopic (exact) mass is 339 g/mol. The molecule has 0 spiro atoms. The first-order valence-corrected chi connectivity index (χ1v) is 7.72. The maximum atomic E-state index is 14.1. The van der Waals surface area contributed by atoms with E-state index in [1.165, 1.54) is 6.07 Å². The number of aryl methyl sites for hydroxylation is 1. The van der Waals surface area contributed by atoms with Crippen molar-refractivity contribution in [3.05, 3.63) is 57.7 Å². The molecule has 108 valence electrons. The van der Waals surface area contributed by atoms with Crippen molar-refractivity contribution >= 4 is 15.9 Å². The van der Waals surface area contributed by atoms with Crippen molar-refractivity contribution in [1.29, 1.82) is 0 Å². The van der Waals surface area contributed by atoms with Crippen LogP contribution < -0.4 is 5.32 Å². The van der Waals surface area contributed by atoms with Gasteiger partial charge >= 0.3 is 0 Å². The summed E-state index contributed by atoms with van der Waals surface area (Å²) in [5, 5.41) is 3.35. The van der Waals surface area contributed by atoms with Crippen LogP contribution >= 0.6 is 15.9 Å². The third kappa shape index (κ3) is 3.49. The van der Waals surface area contributed by atoms with Gasteiger partial charge in [0.25, 0.3) is 0 Å². The zero-order valence-corrected chi connectivity index (χ0v) is 13.3. The zero-order chi connectivity index (χ0) is 14.5. The molecule has 0 fully saturated rings. The topological polar surface area (TPSA) is 25.2 Å². The van der Waals surface area contributed by atoms with Crippen LogP contribution in [0.3, 0.4) is 0 Å². The predicted octanol–water partition coefficient (Wildman–Crippen LogP) is 4.83. The second-order valence-electron chi connectivity index (χ2n) is 4.71. The van der Waals surface area contributed by atoms with E-state index in [2.05, 4.69) is 28.2 Å². The molecule has 1 atom stereocenters. The molecule has 0 aliphatic rings. The Morgan fingerprint density at radius 3 is 2.70 bits per heavy atom. The highest BCUT2D eigenvalue weighted by atomic mass is 79.9. The maximum absolute atomic E-state index is 14.1. The van der Waals surface area contributed by atoms with Gasteiger partial charge in [0.2, 0.25) is 0 Å². The lowest BCUT2D eigenvalue weighted by molar-refractivity contribution is 0.414. The van der Waals surface area contributed by atoms with Gasteiger partial charge in [0.1, 0.15) is 17.3 Å². The Morgan fingerprint density at radius 2 is 2.05 bits per heavy atom. The summed E-state index contributed by atoms with van der Waals surface area (Å²) in [6.07, 6.45) is 1.81. The molecule has 0 radical (unpaired) electrons. The molecule has 1 unspecified atom stereocenters. The number of rotatable bonds is 6. The molecule has 2 nitrogen and oxygen atoms in total. The van der Waals surface area contributed by atoms with Crippen molar-refractivity contribution in [2.24, 2.45) is 0 Å². The normalized spacial score (nSPS) is 12.6. The summed E-state index contributed by atoms with van der Waals surface area (Å²) in [5.41, 5.74) is 0.602. The molecule has 0 amide bonds. The summed E-state index contributed by atoms with van der Waals surface area (Å²) in [6, 6.07) is 8.60. The minimum absolute atomic E-state index is 0.226. The van der Waals surface area contributed by atoms with Crippen LogP contribution in [0.4, 0.5) is 4.39 Å². The van der Waals surface area contributed by atoms with Crippen molar-refractivity contribution in [3.8, 4) is 0 Å². The van der Waals surface area contributed by atoms with E-state index in [0.29, 0.717) is 5.56 Å². The molecular weight excluding hydrogens is 321 g/mol. The van der Waals surface area contributed by atoms with Crippen LogP contribution in [0.2, 0.25) is 0 Å². The predicted molar refractivity (Wildman–Crippen MR) is 82.3 cm³/mol. The highest BCUT2D eigenvalue weighted by Crippen LogP contribution is 2.28. The maximum Gasteiger partial charge on any atom is 0.128 e. The van der Waals surface area contributed by atoms with Crippen LogP contribution in [0.1, 0.15) is 43.4 Å². The van der Waals surface area contributed by atoms with Gasteiger partial charge in [-0.2, -0.15) is 0 Å². The fourth-order valence-electron chi connectivity index (χ4n) is 2.13. The fraction of sp³-hybridized carbons (Fsp3) is 0.375. The summed E-state index contributed by atoms with van der Waals surface area (Å²) in [7, 11) is 0. The Hall–Kier alpha value is -1.13. The molecule has 1 N–H and O–H groups in total. The van der Waals surface area contributed by atoms with E-state index in [4.69, 9.17) is 4.42 Å². The third-order valence-corrected chi connectivity index (χ3v) is 3.68. The standard InChI is InChI=1S/C16H19BrFNO/c1-3-9-19-16(15-8-6-12(4-2)20-15)13-10-11(17)5-7-14(13)18/h5-8,10,16,19H,3-4,9H2,1-2H3. The molecular formula is C16H19BrFNO. The fourth-order valence-corrected chi connectivity index (χ4v) is 2.51. The van der Waals surface area contributed by atoms with Gasteiger partial charge in [-0.15, -0.1) is 0 Å². The lowest BCUT2D eigenvalue weighted by atomic mass is 10.0. The SMILES string of the molecule is CCCNC(c1ccc(CC)o1)c1cc(Br)ccc1F. The van der Waals surface area contributed by atoms with Crippen molar-refractivity contribution in [2.75, 3.05) is 6.54 Å². The molecule has 2 aromatic rings. The van der Waals surface area contributed by atoms with E-state index in [1.807, 2.05) is 19.1 Å². The van der Waals surface area contributed by atoms with Gasteiger partial charge in [-0.25, -0.2) is 4.39 Å². The summed E-state index contributed by atoms with van der Waals surface area (Å²) in [5.74, 6) is 1.45. The van der Waals surface area contributed by atoms with E-state index in [9.17, 15) is 4.39 Å². The van der Waals surface area contributed by atoms with Gasteiger partial charge in [-0.05, 0) is 43.3 Å². The second-order valence-corrected chi connectivity index (χ2v) is 5.63. The zero-order valence-electron chi connectivity index (χ0n) is 11.7. The molecule has 0 bridgehead atoms. The first-order chi connectivity index (χ1) is 9.65. The van der Waals surface area contributed by atoms with E-state index < -0.39 is 0 Å². The van der Waals surface area contributed by atoms with Crippen LogP contribution in [0.5, 0.6) is 0 Å². The molecule has 2 rings (SSSR count).